The van der Waals surface area contributed by atoms with Crippen LogP contribution in [-0.2, 0) is 4.79 Å². The molecule has 1 aliphatic heterocycles. The molecule has 2 aromatic rings. The molecule has 1 aliphatic rings. The predicted octanol–water partition coefficient (Wildman–Crippen LogP) is 2.19. The van der Waals surface area contributed by atoms with Crippen molar-refractivity contribution in [3.05, 3.63) is 54.1 Å². The number of ether oxygens (including phenoxy) is 2. The molecule has 0 aliphatic carbocycles. The summed E-state index contributed by atoms with van der Waals surface area (Å²) in [4.78, 5) is 28.5. The van der Waals surface area contributed by atoms with E-state index in [-0.39, 0.29) is 18.4 Å². The molecule has 25 heavy (non-hydrogen) atoms. The molecule has 6 heteroatoms. The highest BCUT2D eigenvalue weighted by molar-refractivity contribution is 6.02. The monoisotopic (exact) mass is 340 g/mol. The van der Waals surface area contributed by atoms with Crippen molar-refractivity contribution in [1.82, 2.24) is 4.90 Å². The molecule has 1 heterocycles. The standard InChI is InChI=1S/C19H20N2O4/c1-24-16-10-14(11-17(12-16)25-2)19(23)20-8-9-21(18(22)13-20)15-6-4-3-5-7-15/h3-7,10-12H,8-9,13H2,1-2H3. The zero-order valence-corrected chi connectivity index (χ0v) is 14.3. The molecule has 0 saturated carbocycles. The number of hydrogen-bond donors (Lipinski definition) is 0. The van der Waals surface area contributed by atoms with Gasteiger partial charge in [-0.3, -0.25) is 9.59 Å². The first-order valence-electron chi connectivity index (χ1n) is 8.00. The van der Waals surface area contributed by atoms with E-state index in [0.29, 0.717) is 30.2 Å². The molecule has 0 aromatic heterocycles. The van der Waals surface area contributed by atoms with E-state index in [1.807, 2.05) is 30.3 Å². The van der Waals surface area contributed by atoms with Gasteiger partial charge in [0.15, 0.2) is 0 Å². The molecule has 1 saturated heterocycles. The Kier molecular flexibility index (Phi) is 4.88. The zero-order chi connectivity index (χ0) is 17.8. The van der Waals surface area contributed by atoms with E-state index in [1.165, 1.54) is 14.2 Å². The average molecular weight is 340 g/mol. The third kappa shape index (κ3) is 3.57. The number of benzene rings is 2. The van der Waals surface area contributed by atoms with Gasteiger partial charge >= 0.3 is 0 Å². The van der Waals surface area contributed by atoms with Crippen molar-refractivity contribution in [2.45, 2.75) is 0 Å². The van der Waals surface area contributed by atoms with Gasteiger partial charge in [-0.1, -0.05) is 18.2 Å². The van der Waals surface area contributed by atoms with Crippen LogP contribution in [0.3, 0.4) is 0 Å². The summed E-state index contributed by atoms with van der Waals surface area (Å²) in [6, 6.07) is 14.5. The van der Waals surface area contributed by atoms with Crippen molar-refractivity contribution >= 4 is 17.5 Å². The fraction of sp³-hybridized carbons (Fsp3) is 0.263. The molecular formula is C19H20N2O4. The average Bonchev–Trinajstić information content (AvgIpc) is 2.67. The van der Waals surface area contributed by atoms with Crippen LogP contribution in [-0.4, -0.2) is 50.6 Å². The number of amides is 2. The lowest BCUT2D eigenvalue weighted by Crippen LogP contribution is -2.52. The maximum Gasteiger partial charge on any atom is 0.254 e. The summed E-state index contributed by atoms with van der Waals surface area (Å²) in [6.07, 6.45) is 0. The van der Waals surface area contributed by atoms with E-state index in [9.17, 15) is 9.59 Å². The number of carbonyl (C=O) groups excluding carboxylic acids is 2. The lowest BCUT2D eigenvalue weighted by molar-refractivity contribution is -0.120. The van der Waals surface area contributed by atoms with E-state index < -0.39 is 0 Å². The van der Waals surface area contributed by atoms with Gasteiger partial charge in [-0.05, 0) is 24.3 Å². The van der Waals surface area contributed by atoms with Crippen molar-refractivity contribution in [3.8, 4) is 11.5 Å². The molecule has 6 nitrogen and oxygen atoms in total. The lowest BCUT2D eigenvalue weighted by atomic mass is 10.1. The van der Waals surface area contributed by atoms with Crippen LogP contribution in [0.2, 0.25) is 0 Å². The fourth-order valence-corrected chi connectivity index (χ4v) is 2.84. The Morgan fingerprint density at radius 3 is 2.16 bits per heavy atom. The highest BCUT2D eigenvalue weighted by Crippen LogP contribution is 2.24. The highest BCUT2D eigenvalue weighted by Gasteiger charge is 2.29. The van der Waals surface area contributed by atoms with Gasteiger partial charge in [-0.25, -0.2) is 0 Å². The maximum absolute atomic E-state index is 12.8. The SMILES string of the molecule is COc1cc(OC)cc(C(=O)N2CCN(c3ccccc3)C(=O)C2)c1. The van der Waals surface area contributed by atoms with Crippen molar-refractivity contribution in [2.24, 2.45) is 0 Å². The molecule has 0 unspecified atom stereocenters. The second-order valence-corrected chi connectivity index (χ2v) is 5.71. The van der Waals surface area contributed by atoms with E-state index in [4.69, 9.17) is 9.47 Å². The molecule has 1 fully saturated rings. The van der Waals surface area contributed by atoms with Crippen LogP contribution in [0.4, 0.5) is 5.69 Å². The van der Waals surface area contributed by atoms with Gasteiger partial charge in [0.2, 0.25) is 5.91 Å². The Morgan fingerprint density at radius 2 is 1.60 bits per heavy atom. The Morgan fingerprint density at radius 1 is 0.960 bits per heavy atom. The van der Waals surface area contributed by atoms with Crippen LogP contribution in [0.1, 0.15) is 10.4 Å². The minimum absolute atomic E-state index is 0.0489. The number of nitrogens with zero attached hydrogens (tertiary/aromatic N) is 2. The molecule has 0 bridgehead atoms. The van der Waals surface area contributed by atoms with E-state index in [0.717, 1.165) is 5.69 Å². The Hall–Kier alpha value is -3.02. The first-order valence-corrected chi connectivity index (χ1v) is 8.00. The Labute approximate surface area is 146 Å². The molecule has 2 aromatic carbocycles. The van der Waals surface area contributed by atoms with Gasteiger partial charge in [0.1, 0.15) is 18.0 Å². The normalized spacial score (nSPS) is 14.4. The number of rotatable bonds is 4. The van der Waals surface area contributed by atoms with Gasteiger partial charge in [-0.2, -0.15) is 0 Å². The topological polar surface area (TPSA) is 59.1 Å². The number of para-hydroxylation sites is 1. The summed E-state index contributed by atoms with van der Waals surface area (Å²) in [6.45, 7) is 0.988. The Balaban J connectivity index is 1.76. The summed E-state index contributed by atoms with van der Waals surface area (Å²) in [5.74, 6) is 0.771. The molecule has 0 N–H and O–H groups in total. The lowest BCUT2D eigenvalue weighted by Gasteiger charge is -2.34. The summed E-state index contributed by atoms with van der Waals surface area (Å²) in [7, 11) is 3.07. The van der Waals surface area contributed by atoms with E-state index in [1.54, 1.807) is 28.0 Å². The first kappa shape index (κ1) is 16.8. The van der Waals surface area contributed by atoms with Gasteiger partial charge in [-0.15, -0.1) is 0 Å². The number of anilines is 1. The number of piperazine rings is 1. The maximum atomic E-state index is 12.8. The largest absolute Gasteiger partial charge is 0.497 e. The second kappa shape index (κ2) is 7.25. The van der Waals surface area contributed by atoms with Crippen LogP contribution in [0.15, 0.2) is 48.5 Å². The zero-order valence-electron chi connectivity index (χ0n) is 14.3. The number of hydrogen-bond acceptors (Lipinski definition) is 4. The van der Waals surface area contributed by atoms with Gasteiger partial charge in [0.25, 0.3) is 5.91 Å². The van der Waals surface area contributed by atoms with E-state index >= 15 is 0 Å². The smallest absolute Gasteiger partial charge is 0.254 e. The summed E-state index contributed by atoms with van der Waals surface area (Å²) < 4.78 is 10.4. The fourth-order valence-electron chi connectivity index (χ4n) is 2.84. The Bertz CT molecular complexity index is 754. The van der Waals surface area contributed by atoms with Crippen molar-refractivity contribution in [1.29, 1.82) is 0 Å². The van der Waals surface area contributed by atoms with Crippen molar-refractivity contribution in [2.75, 3.05) is 38.8 Å². The van der Waals surface area contributed by atoms with Gasteiger partial charge < -0.3 is 19.3 Å². The predicted molar refractivity (Wildman–Crippen MR) is 94.2 cm³/mol. The molecule has 0 atom stereocenters. The van der Waals surface area contributed by atoms with Crippen LogP contribution < -0.4 is 14.4 Å². The number of methoxy groups -OCH3 is 2. The molecule has 3 rings (SSSR count). The van der Waals surface area contributed by atoms with Gasteiger partial charge in [0.05, 0.1) is 14.2 Å². The summed E-state index contributed by atoms with van der Waals surface area (Å²) in [5, 5.41) is 0. The molecule has 2 amide bonds. The summed E-state index contributed by atoms with van der Waals surface area (Å²) >= 11 is 0. The molecule has 130 valence electrons. The molecule has 0 radical (unpaired) electrons. The summed E-state index contributed by atoms with van der Waals surface area (Å²) in [5.41, 5.74) is 1.29. The van der Waals surface area contributed by atoms with Crippen LogP contribution >= 0.6 is 0 Å². The second-order valence-electron chi connectivity index (χ2n) is 5.71. The van der Waals surface area contributed by atoms with Crippen LogP contribution in [0.25, 0.3) is 0 Å². The first-order chi connectivity index (χ1) is 12.1. The van der Waals surface area contributed by atoms with E-state index in [2.05, 4.69) is 0 Å². The van der Waals surface area contributed by atoms with Crippen LogP contribution in [0.5, 0.6) is 11.5 Å². The van der Waals surface area contributed by atoms with Gasteiger partial charge in [0, 0.05) is 30.4 Å². The quantitative estimate of drug-likeness (QED) is 0.856. The highest BCUT2D eigenvalue weighted by atomic mass is 16.5. The van der Waals surface area contributed by atoms with Crippen molar-refractivity contribution in [3.63, 3.8) is 0 Å². The third-order valence-electron chi connectivity index (χ3n) is 4.17. The van der Waals surface area contributed by atoms with Crippen molar-refractivity contribution < 1.29 is 19.1 Å². The minimum Gasteiger partial charge on any atom is -0.497 e. The van der Waals surface area contributed by atoms with Crippen LogP contribution in [0, 0.1) is 0 Å². The minimum atomic E-state index is -0.210. The third-order valence-corrected chi connectivity index (χ3v) is 4.17. The molecular weight excluding hydrogens is 320 g/mol. The number of carbonyl (C=O) groups is 2. The molecule has 0 spiro atoms.